The Balaban J connectivity index is 1.62. The summed E-state index contributed by atoms with van der Waals surface area (Å²) in [5, 5.41) is 2.89. The molecule has 256 valence electrons. The number of piperazine rings is 1. The van der Waals surface area contributed by atoms with Crippen LogP contribution in [0.15, 0.2) is 12.1 Å². The number of ketones is 1. The molecular formula is C34H55N5O6Si. The summed E-state index contributed by atoms with van der Waals surface area (Å²) in [7, 11) is 0.0594. The van der Waals surface area contributed by atoms with E-state index in [4.69, 9.17) is 19.2 Å². The van der Waals surface area contributed by atoms with E-state index in [-0.39, 0.29) is 30.7 Å². The summed E-state index contributed by atoms with van der Waals surface area (Å²) in [4.78, 5) is 47.9. The number of carbonyl (C=O) groups excluding carboxylic acids is 3. The topological polar surface area (TPSA) is 115 Å². The Morgan fingerprint density at radius 1 is 1.11 bits per heavy atom. The average molecular weight is 658 g/mol. The van der Waals surface area contributed by atoms with Crippen molar-refractivity contribution < 1.29 is 28.6 Å². The lowest BCUT2D eigenvalue weighted by atomic mass is 9.71. The Kier molecular flexibility index (Phi) is 10.8. The smallest absolute Gasteiger partial charge is 0.410 e. The normalized spacial score (nSPS) is 22.6. The molecule has 1 unspecified atom stereocenters. The van der Waals surface area contributed by atoms with Crippen molar-refractivity contribution in [2.45, 2.75) is 117 Å². The minimum Gasteiger partial charge on any atom is -0.453 e. The molecule has 4 rings (SSSR count). The molecule has 2 amide bonds. The summed E-state index contributed by atoms with van der Waals surface area (Å²) < 4.78 is 18.6. The Labute approximate surface area is 275 Å². The maximum absolute atomic E-state index is 14.3. The quantitative estimate of drug-likeness (QED) is 0.183. The SMILES string of the molecule is COC(=O)NC1CCC(C)(C(=O)c2nc3cc(C)c(N4CCN(C(=O)OC(C)(C)C)CC4C)cc3n2COCC[Si](C)(C)C)CC1. The molecule has 2 fully saturated rings. The maximum atomic E-state index is 14.3. The van der Waals surface area contributed by atoms with E-state index in [2.05, 4.69) is 55.8 Å². The molecule has 1 aliphatic carbocycles. The van der Waals surface area contributed by atoms with Gasteiger partial charge in [-0.15, -0.1) is 0 Å². The van der Waals surface area contributed by atoms with E-state index in [0.717, 1.165) is 28.3 Å². The van der Waals surface area contributed by atoms with Gasteiger partial charge in [-0.3, -0.25) is 9.36 Å². The van der Waals surface area contributed by atoms with Gasteiger partial charge in [-0.1, -0.05) is 26.6 Å². The number of Topliss-reactive ketones (excluding diaryl/α,β-unsaturated/α-hetero) is 1. The fraction of sp³-hybridized carbons (Fsp3) is 0.706. The molecule has 1 aromatic carbocycles. The van der Waals surface area contributed by atoms with Gasteiger partial charge in [0.2, 0.25) is 5.78 Å². The number of alkyl carbamates (subject to hydrolysis) is 1. The van der Waals surface area contributed by atoms with Crippen LogP contribution in [0.3, 0.4) is 0 Å². The number of methoxy groups -OCH3 is 1. The van der Waals surface area contributed by atoms with Crippen LogP contribution in [-0.4, -0.2) is 91.5 Å². The minimum atomic E-state index is -1.30. The van der Waals surface area contributed by atoms with Crippen molar-refractivity contribution in [3.8, 4) is 0 Å². The molecule has 0 radical (unpaired) electrons. The second kappa shape index (κ2) is 13.9. The van der Waals surface area contributed by atoms with Crippen molar-refractivity contribution in [3.05, 3.63) is 23.5 Å². The van der Waals surface area contributed by atoms with Gasteiger partial charge in [0.1, 0.15) is 12.3 Å². The largest absolute Gasteiger partial charge is 0.453 e. The fourth-order valence-electron chi connectivity index (χ4n) is 6.34. The highest BCUT2D eigenvalue weighted by atomic mass is 28.3. The molecule has 2 heterocycles. The molecule has 1 atom stereocenters. The first-order chi connectivity index (χ1) is 21.4. The van der Waals surface area contributed by atoms with Gasteiger partial charge in [0.05, 0.1) is 18.1 Å². The zero-order valence-corrected chi connectivity index (χ0v) is 30.6. The Morgan fingerprint density at radius 3 is 2.37 bits per heavy atom. The molecule has 1 saturated carbocycles. The molecule has 11 nitrogen and oxygen atoms in total. The Morgan fingerprint density at radius 2 is 1.78 bits per heavy atom. The summed E-state index contributed by atoms with van der Waals surface area (Å²) >= 11 is 0. The lowest BCUT2D eigenvalue weighted by Gasteiger charge is -2.42. The summed E-state index contributed by atoms with van der Waals surface area (Å²) in [5.41, 5.74) is 2.61. The van der Waals surface area contributed by atoms with Crippen LogP contribution in [0.25, 0.3) is 11.0 Å². The first kappa shape index (κ1) is 35.7. The molecule has 1 aliphatic heterocycles. The molecule has 12 heteroatoms. The number of ether oxygens (including phenoxy) is 3. The third kappa shape index (κ3) is 8.61. The second-order valence-corrected chi connectivity index (χ2v) is 21.2. The zero-order chi connectivity index (χ0) is 34.0. The van der Waals surface area contributed by atoms with E-state index in [9.17, 15) is 14.4 Å². The van der Waals surface area contributed by atoms with Gasteiger partial charge in [-0.05, 0) is 84.0 Å². The van der Waals surface area contributed by atoms with Crippen molar-refractivity contribution in [3.63, 3.8) is 0 Å². The molecule has 2 aromatic rings. The van der Waals surface area contributed by atoms with Gasteiger partial charge < -0.3 is 29.3 Å². The van der Waals surface area contributed by atoms with Gasteiger partial charge in [-0.25, -0.2) is 14.6 Å². The van der Waals surface area contributed by atoms with Crippen LogP contribution in [0.4, 0.5) is 15.3 Å². The summed E-state index contributed by atoms with van der Waals surface area (Å²) in [5.74, 6) is 0.428. The van der Waals surface area contributed by atoms with Gasteiger partial charge in [0.25, 0.3) is 0 Å². The molecule has 0 bridgehead atoms. The number of fused-ring (bicyclic) bond motifs is 1. The van der Waals surface area contributed by atoms with Crippen LogP contribution < -0.4 is 10.2 Å². The van der Waals surface area contributed by atoms with Crippen LogP contribution in [-0.2, 0) is 20.9 Å². The summed E-state index contributed by atoms with van der Waals surface area (Å²) in [6, 6.07) is 5.27. The second-order valence-electron chi connectivity index (χ2n) is 15.6. The number of benzene rings is 1. The standard InChI is InChI=1S/C34H55N5O6Si/c1-23-19-26-28(20-27(23)38-16-15-37(21-24(38)2)32(42)45-33(3,4)5)39(22-44-17-18-46(8,9)10)30(36-26)29(40)34(6)13-11-25(12-14-34)35-31(41)43-7/h19-20,24-25H,11-18,21-22H2,1-10H3,(H,35,41). The van der Waals surface area contributed by atoms with Crippen molar-refractivity contribution in [2.75, 3.05) is 38.3 Å². The first-order valence-corrected chi connectivity index (χ1v) is 20.3. The number of aromatic nitrogens is 2. The predicted molar refractivity (Wildman–Crippen MR) is 183 cm³/mol. The number of hydrogen-bond acceptors (Lipinski definition) is 8. The lowest BCUT2D eigenvalue weighted by molar-refractivity contribution is 0.0218. The lowest BCUT2D eigenvalue weighted by Crippen LogP contribution is -2.54. The predicted octanol–water partition coefficient (Wildman–Crippen LogP) is 6.59. The van der Waals surface area contributed by atoms with E-state index in [1.807, 2.05) is 32.3 Å². The number of nitrogens with zero attached hydrogens (tertiary/aromatic N) is 4. The molecule has 2 aliphatic rings. The van der Waals surface area contributed by atoms with Crippen molar-refractivity contribution in [1.82, 2.24) is 19.8 Å². The van der Waals surface area contributed by atoms with Gasteiger partial charge in [0, 0.05) is 57.5 Å². The number of hydrogen-bond donors (Lipinski definition) is 1. The van der Waals surface area contributed by atoms with E-state index in [0.29, 0.717) is 57.7 Å². The van der Waals surface area contributed by atoms with Crippen LogP contribution >= 0.6 is 0 Å². The summed E-state index contributed by atoms with van der Waals surface area (Å²) in [6.45, 7) is 21.5. The molecule has 1 saturated heterocycles. The van der Waals surface area contributed by atoms with Crippen LogP contribution in [0.5, 0.6) is 0 Å². The maximum Gasteiger partial charge on any atom is 0.410 e. The van der Waals surface area contributed by atoms with E-state index in [1.165, 1.54) is 7.11 Å². The van der Waals surface area contributed by atoms with Crippen molar-refractivity contribution in [1.29, 1.82) is 0 Å². The molecule has 1 aromatic heterocycles. The van der Waals surface area contributed by atoms with Gasteiger partial charge in [0.15, 0.2) is 5.82 Å². The Bertz CT molecular complexity index is 1420. The third-order valence-corrected chi connectivity index (χ3v) is 10.9. The van der Waals surface area contributed by atoms with Crippen LogP contribution in [0, 0.1) is 12.3 Å². The highest BCUT2D eigenvalue weighted by molar-refractivity contribution is 6.76. The van der Waals surface area contributed by atoms with E-state index in [1.54, 1.807) is 4.90 Å². The average Bonchev–Trinajstić information content (AvgIpc) is 3.31. The fourth-order valence-corrected chi connectivity index (χ4v) is 7.10. The van der Waals surface area contributed by atoms with E-state index < -0.39 is 25.2 Å². The minimum absolute atomic E-state index is 0.00700. The number of anilines is 1. The van der Waals surface area contributed by atoms with Crippen LogP contribution in [0.1, 0.15) is 76.5 Å². The van der Waals surface area contributed by atoms with E-state index >= 15 is 0 Å². The number of nitrogens with one attached hydrogen (secondary N) is 1. The number of rotatable bonds is 9. The monoisotopic (exact) mass is 657 g/mol. The van der Waals surface area contributed by atoms with Crippen LogP contribution in [0.2, 0.25) is 25.7 Å². The number of amides is 2. The highest BCUT2D eigenvalue weighted by Gasteiger charge is 2.41. The molecule has 0 spiro atoms. The number of carbonyl (C=O) groups is 3. The Hall–Kier alpha value is -3.12. The number of aryl methyl sites for hydroxylation is 1. The number of imidazole rings is 1. The highest BCUT2D eigenvalue weighted by Crippen LogP contribution is 2.40. The van der Waals surface area contributed by atoms with Crippen molar-refractivity contribution >= 4 is 42.8 Å². The van der Waals surface area contributed by atoms with Gasteiger partial charge >= 0.3 is 12.2 Å². The third-order valence-electron chi connectivity index (χ3n) is 9.22. The first-order valence-electron chi connectivity index (χ1n) is 16.6. The zero-order valence-electron chi connectivity index (χ0n) is 29.6. The molecule has 1 N–H and O–H groups in total. The molecule has 46 heavy (non-hydrogen) atoms. The van der Waals surface area contributed by atoms with Gasteiger partial charge in [-0.2, -0.15) is 0 Å². The van der Waals surface area contributed by atoms with Crippen molar-refractivity contribution in [2.24, 2.45) is 5.41 Å². The summed E-state index contributed by atoms with van der Waals surface area (Å²) in [6.07, 6.45) is 1.95. The molecular weight excluding hydrogens is 602 g/mol.